The molecule has 6 nitrogen and oxygen atoms in total. The molecule has 1 heterocycles. The highest BCUT2D eigenvalue weighted by atomic mass is 35.5. The number of aromatic nitrogens is 1. The van der Waals surface area contributed by atoms with E-state index in [1.807, 2.05) is 0 Å². The molecule has 0 amide bonds. The largest absolute Gasteiger partial charge is 0.307 e. The fourth-order valence-electron chi connectivity index (χ4n) is 2.73. The van der Waals surface area contributed by atoms with Gasteiger partial charge in [0.1, 0.15) is 4.90 Å². The molecule has 0 aliphatic heterocycles. The topological polar surface area (TPSA) is 97.1 Å². The standard InChI is InChI=1S/C13H21ClN4O2S/c1-2-9-4-3-5-10(6-9)18-21(19,20)11-7-12(14)13(17-15)16-8-11/h7-10,18H,2-6,15H2,1H3,(H,16,17). The molecular formula is C13H21ClN4O2S. The zero-order valence-corrected chi connectivity index (χ0v) is 13.5. The number of nitrogen functional groups attached to an aromatic ring is 1. The minimum atomic E-state index is -3.60. The molecule has 4 N–H and O–H groups in total. The zero-order valence-electron chi connectivity index (χ0n) is 12.0. The molecule has 1 aliphatic carbocycles. The summed E-state index contributed by atoms with van der Waals surface area (Å²) < 4.78 is 27.5. The van der Waals surface area contributed by atoms with Crippen LogP contribution < -0.4 is 16.0 Å². The minimum absolute atomic E-state index is 0.0141. The number of pyridine rings is 1. The molecule has 0 radical (unpaired) electrons. The van der Waals surface area contributed by atoms with Crippen molar-refractivity contribution in [2.24, 2.45) is 11.8 Å². The number of halogens is 1. The normalized spacial score (nSPS) is 23.0. The number of hydrogen-bond acceptors (Lipinski definition) is 5. The Kier molecular flexibility index (Phi) is 5.43. The Hall–Kier alpha value is -0.890. The summed E-state index contributed by atoms with van der Waals surface area (Å²) in [6.45, 7) is 2.14. The number of anilines is 1. The van der Waals surface area contributed by atoms with Crippen molar-refractivity contribution >= 4 is 27.4 Å². The maximum absolute atomic E-state index is 12.4. The second-order valence-electron chi connectivity index (χ2n) is 5.40. The molecule has 2 rings (SSSR count). The van der Waals surface area contributed by atoms with E-state index < -0.39 is 10.0 Å². The molecule has 1 aromatic rings. The summed E-state index contributed by atoms with van der Waals surface area (Å²) in [6.07, 6.45) is 6.34. The smallest absolute Gasteiger partial charge is 0.242 e. The van der Waals surface area contributed by atoms with Gasteiger partial charge >= 0.3 is 0 Å². The summed E-state index contributed by atoms with van der Waals surface area (Å²) in [5.74, 6) is 6.07. The van der Waals surface area contributed by atoms with Crippen LogP contribution in [-0.2, 0) is 10.0 Å². The lowest BCUT2D eigenvalue weighted by atomic mass is 9.85. The first-order valence-electron chi connectivity index (χ1n) is 7.10. The first-order chi connectivity index (χ1) is 9.96. The molecule has 2 unspecified atom stereocenters. The number of nitrogens with zero attached hydrogens (tertiary/aromatic N) is 1. The third-order valence-electron chi connectivity index (χ3n) is 3.95. The van der Waals surface area contributed by atoms with Crippen LogP contribution in [0.3, 0.4) is 0 Å². The van der Waals surface area contributed by atoms with Gasteiger partial charge in [0, 0.05) is 12.2 Å². The Morgan fingerprint density at radius 2 is 2.24 bits per heavy atom. The Morgan fingerprint density at radius 1 is 1.48 bits per heavy atom. The lowest BCUT2D eigenvalue weighted by molar-refractivity contribution is 0.301. The summed E-state index contributed by atoms with van der Waals surface area (Å²) in [7, 11) is -3.60. The molecule has 1 fully saturated rings. The van der Waals surface area contributed by atoms with E-state index in [-0.39, 0.29) is 21.8 Å². The fourth-order valence-corrected chi connectivity index (χ4v) is 4.27. The number of hydrazine groups is 1. The lowest BCUT2D eigenvalue weighted by Gasteiger charge is -2.28. The third-order valence-corrected chi connectivity index (χ3v) is 5.72. The van der Waals surface area contributed by atoms with Gasteiger partial charge in [-0.15, -0.1) is 0 Å². The van der Waals surface area contributed by atoms with Gasteiger partial charge in [0.25, 0.3) is 0 Å². The number of nitrogens with one attached hydrogen (secondary N) is 2. The van der Waals surface area contributed by atoms with Crippen molar-refractivity contribution < 1.29 is 8.42 Å². The van der Waals surface area contributed by atoms with Crippen LogP contribution in [0.1, 0.15) is 39.0 Å². The predicted molar refractivity (Wildman–Crippen MR) is 83.4 cm³/mol. The van der Waals surface area contributed by atoms with Crippen molar-refractivity contribution in [3.05, 3.63) is 17.3 Å². The van der Waals surface area contributed by atoms with Crippen LogP contribution in [0, 0.1) is 5.92 Å². The summed E-state index contributed by atoms with van der Waals surface area (Å²) >= 11 is 5.93. The highest BCUT2D eigenvalue weighted by Crippen LogP contribution is 2.28. The zero-order chi connectivity index (χ0) is 15.5. The SMILES string of the molecule is CCC1CCCC(NS(=O)(=O)c2cnc(NN)c(Cl)c2)C1. The third kappa shape index (κ3) is 4.06. The van der Waals surface area contributed by atoms with E-state index in [0.717, 1.165) is 25.7 Å². The molecule has 0 aromatic carbocycles. The summed E-state index contributed by atoms with van der Waals surface area (Å²) in [4.78, 5) is 3.96. The first kappa shape index (κ1) is 16.5. The Labute approximate surface area is 130 Å². The molecule has 0 bridgehead atoms. The van der Waals surface area contributed by atoms with Crippen molar-refractivity contribution in [3.63, 3.8) is 0 Å². The molecular weight excluding hydrogens is 312 g/mol. The molecule has 1 aromatic heterocycles. The van der Waals surface area contributed by atoms with Crippen molar-refractivity contribution in [1.82, 2.24) is 9.71 Å². The molecule has 1 saturated carbocycles. The van der Waals surface area contributed by atoms with Crippen LogP contribution in [0.5, 0.6) is 0 Å². The highest BCUT2D eigenvalue weighted by Gasteiger charge is 2.26. The van der Waals surface area contributed by atoms with Crippen LogP contribution in [0.15, 0.2) is 17.2 Å². The van der Waals surface area contributed by atoms with Crippen LogP contribution in [0.25, 0.3) is 0 Å². The van der Waals surface area contributed by atoms with Crippen molar-refractivity contribution in [2.45, 2.75) is 50.0 Å². The molecule has 8 heteroatoms. The van der Waals surface area contributed by atoms with Crippen molar-refractivity contribution in [1.29, 1.82) is 0 Å². The second-order valence-corrected chi connectivity index (χ2v) is 7.53. The van der Waals surface area contributed by atoms with Crippen LogP contribution in [-0.4, -0.2) is 19.4 Å². The highest BCUT2D eigenvalue weighted by molar-refractivity contribution is 7.89. The molecule has 118 valence electrons. The van der Waals surface area contributed by atoms with Gasteiger partial charge in [-0.3, -0.25) is 0 Å². The monoisotopic (exact) mass is 332 g/mol. The molecule has 21 heavy (non-hydrogen) atoms. The summed E-state index contributed by atoms with van der Waals surface area (Å²) in [5.41, 5.74) is 2.31. The van der Waals surface area contributed by atoms with Gasteiger partial charge in [-0.25, -0.2) is 24.0 Å². The van der Waals surface area contributed by atoms with E-state index in [2.05, 4.69) is 22.1 Å². The van der Waals surface area contributed by atoms with E-state index in [1.54, 1.807) is 0 Å². The van der Waals surface area contributed by atoms with Gasteiger partial charge in [-0.1, -0.05) is 37.8 Å². The molecule has 1 aliphatic rings. The Morgan fingerprint density at radius 3 is 2.86 bits per heavy atom. The Bertz CT molecular complexity index is 594. The van der Waals surface area contributed by atoms with E-state index >= 15 is 0 Å². The number of nitrogens with two attached hydrogens (primary N) is 1. The van der Waals surface area contributed by atoms with Crippen molar-refractivity contribution in [2.75, 3.05) is 5.43 Å². The quantitative estimate of drug-likeness (QED) is 0.567. The van der Waals surface area contributed by atoms with E-state index in [4.69, 9.17) is 17.4 Å². The van der Waals surface area contributed by atoms with Crippen LogP contribution in [0.2, 0.25) is 5.02 Å². The van der Waals surface area contributed by atoms with E-state index in [1.165, 1.54) is 18.7 Å². The summed E-state index contributed by atoms with van der Waals surface area (Å²) in [6, 6.07) is 1.34. The van der Waals surface area contributed by atoms with Gasteiger partial charge < -0.3 is 5.43 Å². The maximum atomic E-state index is 12.4. The number of hydrogen-bond donors (Lipinski definition) is 3. The molecule has 2 atom stereocenters. The number of rotatable bonds is 5. The Balaban J connectivity index is 2.13. The van der Waals surface area contributed by atoms with Gasteiger partial charge in [0.05, 0.1) is 5.02 Å². The van der Waals surface area contributed by atoms with Crippen molar-refractivity contribution in [3.8, 4) is 0 Å². The van der Waals surface area contributed by atoms with Crippen LogP contribution >= 0.6 is 11.6 Å². The first-order valence-corrected chi connectivity index (χ1v) is 8.97. The number of sulfonamides is 1. The maximum Gasteiger partial charge on any atom is 0.242 e. The molecule has 0 spiro atoms. The summed E-state index contributed by atoms with van der Waals surface area (Å²) in [5, 5.41) is 0.176. The minimum Gasteiger partial charge on any atom is -0.307 e. The predicted octanol–water partition coefficient (Wildman–Crippen LogP) is 2.27. The van der Waals surface area contributed by atoms with E-state index in [9.17, 15) is 8.42 Å². The van der Waals surface area contributed by atoms with Gasteiger partial charge in [0.15, 0.2) is 5.82 Å². The lowest BCUT2D eigenvalue weighted by Crippen LogP contribution is -2.38. The van der Waals surface area contributed by atoms with Crippen LogP contribution in [0.4, 0.5) is 5.82 Å². The average Bonchev–Trinajstić information content (AvgIpc) is 2.47. The average molecular weight is 333 g/mol. The van der Waals surface area contributed by atoms with Gasteiger partial charge in [-0.05, 0) is 24.8 Å². The fraction of sp³-hybridized carbons (Fsp3) is 0.615. The van der Waals surface area contributed by atoms with Gasteiger partial charge in [-0.2, -0.15) is 0 Å². The second kappa shape index (κ2) is 6.91. The van der Waals surface area contributed by atoms with Gasteiger partial charge in [0.2, 0.25) is 10.0 Å². The molecule has 0 saturated heterocycles. The van der Waals surface area contributed by atoms with E-state index in [0.29, 0.717) is 5.92 Å².